The minimum Gasteiger partial charge on any atom is -0.398 e. The molecule has 14 heavy (non-hydrogen) atoms. The van der Waals surface area contributed by atoms with E-state index in [4.69, 9.17) is 11.0 Å². The number of nitrogens with zero attached hydrogens (tertiary/aromatic N) is 1. The summed E-state index contributed by atoms with van der Waals surface area (Å²) in [6.07, 6.45) is 0.702. The van der Waals surface area contributed by atoms with Gasteiger partial charge in [-0.25, -0.2) is 0 Å². The summed E-state index contributed by atoms with van der Waals surface area (Å²) in [7, 11) is 0. The highest BCUT2D eigenvalue weighted by Crippen LogP contribution is 2.31. The average molecular weight is 202 g/mol. The van der Waals surface area contributed by atoms with Gasteiger partial charge >= 0.3 is 0 Å². The molecular formula is C10H6N2OS. The molecule has 2 aromatic rings. The van der Waals surface area contributed by atoms with Crippen molar-refractivity contribution >= 4 is 33.4 Å². The van der Waals surface area contributed by atoms with Gasteiger partial charge in [0, 0.05) is 21.0 Å². The van der Waals surface area contributed by atoms with E-state index in [9.17, 15) is 4.79 Å². The molecule has 0 bridgehead atoms. The Morgan fingerprint density at radius 1 is 1.50 bits per heavy atom. The van der Waals surface area contributed by atoms with Gasteiger partial charge in [-0.3, -0.25) is 4.79 Å². The number of fused-ring (bicyclic) bond motifs is 1. The lowest BCUT2D eigenvalue weighted by Crippen LogP contribution is -1.93. The van der Waals surface area contributed by atoms with Gasteiger partial charge in [-0.1, -0.05) is 0 Å². The molecule has 0 aliphatic heterocycles. The van der Waals surface area contributed by atoms with Crippen LogP contribution >= 0.6 is 11.3 Å². The number of nitriles is 1. The molecule has 2 rings (SSSR count). The van der Waals surface area contributed by atoms with E-state index >= 15 is 0 Å². The molecule has 2 N–H and O–H groups in total. The Morgan fingerprint density at radius 3 is 2.93 bits per heavy atom. The van der Waals surface area contributed by atoms with E-state index in [-0.39, 0.29) is 0 Å². The van der Waals surface area contributed by atoms with Gasteiger partial charge in [0.1, 0.15) is 6.07 Å². The molecule has 1 aromatic heterocycles. The predicted molar refractivity (Wildman–Crippen MR) is 56.3 cm³/mol. The van der Waals surface area contributed by atoms with Crippen LogP contribution < -0.4 is 5.73 Å². The molecule has 0 saturated carbocycles. The van der Waals surface area contributed by atoms with E-state index in [1.165, 1.54) is 11.3 Å². The zero-order chi connectivity index (χ0) is 10.1. The van der Waals surface area contributed by atoms with Crippen molar-refractivity contribution in [3.8, 4) is 6.07 Å². The Hall–Kier alpha value is -1.86. The Bertz CT molecular complexity index is 551. The summed E-state index contributed by atoms with van der Waals surface area (Å²) < 4.78 is 0.935. The van der Waals surface area contributed by atoms with Crippen LogP contribution in [0, 0.1) is 11.3 Å². The quantitative estimate of drug-likeness (QED) is 0.569. The third-order valence-electron chi connectivity index (χ3n) is 2.06. The molecule has 0 amide bonds. The second-order valence-corrected chi connectivity index (χ2v) is 3.73. The lowest BCUT2D eigenvalue weighted by molar-refractivity contribution is 0.112. The van der Waals surface area contributed by atoms with Crippen molar-refractivity contribution in [1.82, 2.24) is 0 Å². The maximum atomic E-state index is 10.6. The fourth-order valence-corrected chi connectivity index (χ4v) is 2.26. The number of carbonyl (C=O) groups is 1. The van der Waals surface area contributed by atoms with E-state index in [1.807, 2.05) is 0 Å². The number of carbonyl (C=O) groups excluding carboxylic acids is 1. The molecule has 0 unspecified atom stereocenters. The van der Waals surface area contributed by atoms with Crippen LogP contribution in [0.3, 0.4) is 0 Å². The van der Waals surface area contributed by atoms with Gasteiger partial charge in [-0.15, -0.1) is 11.3 Å². The second kappa shape index (κ2) is 3.13. The molecule has 4 heteroatoms. The van der Waals surface area contributed by atoms with Crippen LogP contribution in [-0.4, -0.2) is 6.29 Å². The summed E-state index contributed by atoms with van der Waals surface area (Å²) in [5.74, 6) is 0. The van der Waals surface area contributed by atoms with Crippen LogP contribution in [0.5, 0.6) is 0 Å². The number of nitrogen functional groups attached to an aromatic ring is 1. The van der Waals surface area contributed by atoms with E-state index in [0.29, 0.717) is 28.5 Å². The largest absolute Gasteiger partial charge is 0.398 e. The summed E-state index contributed by atoms with van der Waals surface area (Å²) in [4.78, 5) is 10.6. The molecule has 0 aliphatic carbocycles. The molecule has 1 aromatic carbocycles. The van der Waals surface area contributed by atoms with Crippen molar-refractivity contribution in [2.75, 3.05) is 5.73 Å². The number of hydrogen-bond donors (Lipinski definition) is 1. The summed E-state index contributed by atoms with van der Waals surface area (Å²) in [5, 5.41) is 11.3. The topological polar surface area (TPSA) is 66.9 Å². The highest BCUT2D eigenvalue weighted by molar-refractivity contribution is 7.17. The first-order valence-corrected chi connectivity index (χ1v) is 4.81. The summed E-state index contributed by atoms with van der Waals surface area (Å²) >= 11 is 1.45. The Labute approximate surface area is 84.4 Å². The number of thiophene rings is 1. The number of anilines is 1. The maximum absolute atomic E-state index is 10.6. The summed E-state index contributed by atoms with van der Waals surface area (Å²) in [5.41, 5.74) is 7.14. The zero-order valence-electron chi connectivity index (χ0n) is 7.15. The zero-order valence-corrected chi connectivity index (χ0v) is 7.97. The molecule has 3 nitrogen and oxygen atoms in total. The van der Waals surface area contributed by atoms with Gasteiger partial charge in [-0.05, 0) is 12.1 Å². The van der Waals surface area contributed by atoms with E-state index in [1.54, 1.807) is 17.5 Å². The van der Waals surface area contributed by atoms with Crippen LogP contribution in [0.15, 0.2) is 17.5 Å². The van der Waals surface area contributed by atoms with Crippen molar-refractivity contribution in [3.05, 3.63) is 28.6 Å². The number of benzene rings is 1. The highest BCUT2D eigenvalue weighted by Gasteiger charge is 2.09. The van der Waals surface area contributed by atoms with E-state index in [2.05, 4.69) is 6.07 Å². The molecule has 0 aliphatic rings. The fourth-order valence-electron chi connectivity index (χ4n) is 1.36. The molecule has 0 saturated heterocycles. The lowest BCUT2D eigenvalue weighted by atomic mass is 10.1. The first-order chi connectivity index (χ1) is 6.77. The van der Waals surface area contributed by atoms with Crippen molar-refractivity contribution < 1.29 is 4.79 Å². The van der Waals surface area contributed by atoms with E-state index in [0.717, 1.165) is 4.70 Å². The first kappa shape index (κ1) is 8.73. The van der Waals surface area contributed by atoms with Crippen molar-refractivity contribution in [2.45, 2.75) is 0 Å². The first-order valence-electron chi connectivity index (χ1n) is 3.93. The van der Waals surface area contributed by atoms with E-state index < -0.39 is 0 Å². The molecular weight excluding hydrogens is 196 g/mol. The van der Waals surface area contributed by atoms with Gasteiger partial charge in [0.15, 0.2) is 6.29 Å². The third-order valence-corrected chi connectivity index (χ3v) is 3.01. The van der Waals surface area contributed by atoms with Crippen LogP contribution in [0.4, 0.5) is 5.69 Å². The molecule has 0 atom stereocenters. The normalized spacial score (nSPS) is 9.93. The Kier molecular flexibility index (Phi) is 1.95. The average Bonchev–Trinajstić information content (AvgIpc) is 2.62. The van der Waals surface area contributed by atoms with Gasteiger partial charge < -0.3 is 5.73 Å². The summed E-state index contributed by atoms with van der Waals surface area (Å²) in [6, 6.07) is 5.53. The third kappa shape index (κ3) is 1.07. The number of nitrogens with two attached hydrogens (primary N) is 1. The minimum atomic E-state index is 0.398. The molecule has 68 valence electrons. The van der Waals surface area contributed by atoms with Gasteiger partial charge in [-0.2, -0.15) is 5.26 Å². The molecule has 0 spiro atoms. The van der Waals surface area contributed by atoms with Crippen molar-refractivity contribution in [2.24, 2.45) is 0 Å². The molecule has 0 fully saturated rings. The lowest BCUT2D eigenvalue weighted by Gasteiger charge is -1.99. The monoisotopic (exact) mass is 202 g/mol. The Morgan fingerprint density at radius 2 is 2.29 bits per heavy atom. The smallest absolute Gasteiger partial charge is 0.152 e. The number of hydrogen-bond acceptors (Lipinski definition) is 4. The van der Waals surface area contributed by atoms with Crippen LogP contribution in [0.2, 0.25) is 0 Å². The van der Waals surface area contributed by atoms with Crippen molar-refractivity contribution in [1.29, 1.82) is 5.26 Å². The predicted octanol–water partition coefficient (Wildman–Crippen LogP) is 2.17. The summed E-state index contributed by atoms with van der Waals surface area (Å²) in [6.45, 7) is 0. The maximum Gasteiger partial charge on any atom is 0.152 e. The number of aldehydes is 1. The molecule has 1 heterocycles. The standard InChI is InChI=1S/C10H6N2OS/c11-3-7-5-14-8-2-1-6(4-13)10(12)9(7)8/h1-2,4-5H,12H2. The van der Waals surface area contributed by atoms with Gasteiger partial charge in [0.2, 0.25) is 0 Å². The van der Waals surface area contributed by atoms with Crippen LogP contribution in [0.1, 0.15) is 15.9 Å². The number of rotatable bonds is 1. The van der Waals surface area contributed by atoms with Gasteiger partial charge in [0.05, 0.1) is 11.3 Å². The SMILES string of the molecule is N#Cc1csc2ccc(C=O)c(N)c12. The second-order valence-electron chi connectivity index (χ2n) is 2.82. The van der Waals surface area contributed by atoms with Crippen LogP contribution in [0.25, 0.3) is 10.1 Å². The van der Waals surface area contributed by atoms with Crippen LogP contribution in [-0.2, 0) is 0 Å². The highest BCUT2D eigenvalue weighted by atomic mass is 32.1. The van der Waals surface area contributed by atoms with Crippen molar-refractivity contribution in [3.63, 3.8) is 0 Å². The fraction of sp³-hybridized carbons (Fsp3) is 0. The molecule has 0 radical (unpaired) electrons. The Balaban J connectivity index is 2.92. The van der Waals surface area contributed by atoms with Gasteiger partial charge in [0.25, 0.3) is 0 Å². The minimum absolute atomic E-state index is 0.398.